The predicted molar refractivity (Wildman–Crippen MR) is 69.1 cm³/mol. The molecule has 0 heterocycles. The highest BCUT2D eigenvalue weighted by molar-refractivity contribution is 6.37. The number of urea groups is 1. The maximum absolute atomic E-state index is 11.9. The molecule has 6 heteroatoms. The molecule has 1 N–H and O–H groups in total. The molecule has 100 valence electrons. The average Bonchev–Trinajstić information content (AvgIpc) is 2.23. The number of ether oxygens (including phenoxy) is 2. The minimum absolute atomic E-state index is 0.0338. The molecule has 0 unspecified atom stereocenters. The smallest absolute Gasteiger partial charge is 0.317 e. The number of carbonyl (C=O) groups excluding carboxylic acids is 1. The van der Waals surface area contributed by atoms with Gasteiger partial charge in [0.2, 0.25) is 0 Å². The molecule has 0 saturated carbocycles. The van der Waals surface area contributed by atoms with E-state index in [0.29, 0.717) is 15.7 Å². The second-order valence-corrected chi connectivity index (χ2v) is 5.49. The van der Waals surface area contributed by atoms with E-state index in [-0.39, 0.29) is 24.0 Å². The van der Waals surface area contributed by atoms with Crippen LogP contribution >= 0.6 is 0 Å². The van der Waals surface area contributed by atoms with Gasteiger partial charge in [0.15, 0.2) is 0 Å². The van der Waals surface area contributed by atoms with Gasteiger partial charge < -0.3 is 19.7 Å². The molecule has 2 amide bonds. The van der Waals surface area contributed by atoms with E-state index in [2.05, 4.69) is 5.32 Å². The lowest BCUT2D eigenvalue weighted by Crippen LogP contribution is -2.49. The van der Waals surface area contributed by atoms with E-state index < -0.39 is 0 Å². The van der Waals surface area contributed by atoms with Crippen molar-refractivity contribution in [2.45, 2.75) is 45.7 Å². The van der Waals surface area contributed by atoms with Gasteiger partial charge in [-0.2, -0.15) is 0 Å². The van der Waals surface area contributed by atoms with Crippen LogP contribution in [0.4, 0.5) is 4.79 Å². The van der Waals surface area contributed by atoms with Gasteiger partial charge in [-0.1, -0.05) is 0 Å². The van der Waals surface area contributed by atoms with Gasteiger partial charge in [0.05, 0.1) is 0 Å². The highest BCUT2D eigenvalue weighted by atomic mass is 28.2. The first-order valence-corrected chi connectivity index (χ1v) is 7.07. The fraction of sp³-hybridized carbons (Fsp3) is 0.909. The number of methoxy groups -OCH3 is 2. The second kappa shape index (κ2) is 8.49. The Morgan fingerprint density at radius 3 is 2.00 bits per heavy atom. The molecule has 0 fully saturated rings. The minimum atomic E-state index is -0.234. The topological polar surface area (TPSA) is 50.8 Å². The molecule has 0 aliphatic rings. The first-order valence-electron chi connectivity index (χ1n) is 5.79. The Hall–Kier alpha value is -0.593. The lowest BCUT2D eigenvalue weighted by molar-refractivity contribution is -0.0441. The van der Waals surface area contributed by atoms with Crippen LogP contribution in [0, 0.1) is 0 Å². The SMILES string of the molecule is COC(OC)[Si]CNC(=O)N(C(C)C)C(C)C. The van der Waals surface area contributed by atoms with Crippen LogP contribution in [0.5, 0.6) is 0 Å². The van der Waals surface area contributed by atoms with E-state index in [4.69, 9.17) is 9.47 Å². The van der Waals surface area contributed by atoms with Crippen molar-refractivity contribution >= 4 is 15.6 Å². The predicted octanol–water partition coefficient (Wildman–Crippen LogP) is 1.05. The molecule has 0 rings (SSSR count). The molecule has 0 spiro atoms. The van der Waals surface area contributed by atoms with Crippen LogP contribution < -0.4 is 5.32 Å². The Kier molecular flexibility index (Phi) is 8.19. The summed E-state index contributed by atoms with van der Waals surface area (Å²) in [5.74, 6) is -0.234. The van der Waals surface area contributed by atoms with Gasteiger partial charge in [0.1, 0.15) is 15.4 Å². The van der Waals surface area contributed by atoms with Crippen molar-refractivity contribution in [3.05, 3.63) is 0 Å². The van der Waals surface area contributed by atoms with Crippen molar-refractivity contribution in [3.8, 4) is 0 Å². The normalized spacial score (nSPS) is 11.4. The number of amides is 2. The summed E-state index contributed by atoms with van der Waals surface area (Å²) in [6.45, 7) is 8.04. The van der Waals surface area contributed by atoms with Crippen molar-refractivity contribution in [2.75, 3.05) is 20.4 Å². The van der Waals surface area contributed by atoms with Gasteiger partial charge >= 0.3 is 6.03 Å². The lowest BCUT2D eigenvalue weighted by atomic mass is 10.2. The van der Waals surface area contributed by atoms with Gasteiger partial charge in [-0.15, -0.1) is 0 Å². The number of nitrogens with one attached hydrogen (secondary N) is 1. The zero-order valence-electron chi connectivity index (χ0n) is 11.6. The second-order valence-electron chi connectivity index (χ2n) is 4.26. The molecule has 0 aromatic rings. The third kappa shape index (κ3) is 6.04. The molecule has 0 atom stereocenters. The van der Waals surface area contributed by atoms with Crippen LogP contribution in [0.15, 0.2) is 0 Å². The third-order valence-corrected chi connectivity index (χ3v) is 3.47. The van der Waals surface area contributed by atoms with E-state index in [1.807, 2.05) is 32.6 Å². The zero-order chi connectivity index (χ0) is 13.4. The largest absolute Gasteiger partial charge is 0.360 e. The Bertz CT molecular complexity index is 213. The van der Waals surface area contributed by atoms with Gasteiger partial charge in [-0.3, -0.25) is 0 Å². The Balaban J connectivity index is 4.07. The molecule has 0 aromatic carbocycles. The van der Waals surface area contributed by atoms with Gasteiger partial charge in [-0.25, -0.2) is 4.79 Å². The molecule has 0 aromatic heterocycles. The summed E-state index contributed by atoms with van der Waals surface area (Å²) in [4.78, 5) is 13.7. The molecular weight excluding hydrogens is 236 g/mol. The molecule has 0 aliphatic carbocycles. The Labute approximate surface area is 107 Å². The first-order chi connectivity index (χ1) is 7.93. The van der Waals surface area contributed by atoms with Gasteiger partial charge in [-0.05, 0) is 27.7 Å². The van der Waals surface area contributed by atoms with Crippen molar-refractivity contribution in [1.82, 2.24) is 10.2 Å². The summed E-state index contributed by atoms with van der Waals surface area (Å²) in [5.41, 5.74) is 0. The number of rotatable bonds is 7. The van der Waals surface area contributed by atoms with E-state index in [0.717, 1.165) is 0 Å². The van der Waals surface area contributed by atoms with Gasteiger partial charge in [0.25, 0.3) is 0 Å². The van der Waals surface area contributed by atoms with Crippen molar-refractivity contribution in [2.24, 2.45) is 0 Å². The number of hydrogen-bond donors (Lipinski definition) is 1. The summed E-state index contributed by atoms with van der Waals surface area (Å²) in [6, 6.07) is 0.353. The van der Waals surface area contributed by atoms with Crippen LogP contribution in [0.25, 0.3) is 0 Å². The maximum Gasteiger partial charge on any atom is 0.317 e. The Morgan fingerprint density at radius 2 is 1.65 bits per heavy atom. The van der Waals surface area contributed by atoms with Crippen LogP contribution in [0.1, 0.15) is 27.7 Å². The van der Waals surface area contributed by atoms with Crippen LogP contribution in [0.2, 0.25) is 0 Å². The highest BCUT2D eigenvalue weighted by Gasteiger charge is 2.19. The van der Waals surface area contributed by atoms with E-state index in [1.165, 1.54) is 0 Å². The van der Waals surface area contributed by atoms with Crippen molar-refractivity contribution in [1.29, 1.82) is 0 Å². The van der Waals surface area contributed by atoms with E-state index in [9.17, 15) is 4.79 Å². The summed E-state index contributed by atoms with van der Waals surface area (Å²) in [5, 5.41) is 2.88. The van der Waals surface area contributed by atoms with Crippen LogP contribution in [-0.4, -0.2) is 58.8 Å². The average molecular weight is 260 g/mol. The third-order valence-electron chi connectivity index (χ3n) is 2.28. The van der Waals surface area contributed by atoms with Gasteiger partial charge in [0, 0.05) is 32.5 Å². The first kappa shape index (κ1) is 16.4. The Morgan fingerprint density at radius 1 is 1.18 bits per heavy atom. The molecule has 5 nitrogen and oxygen atoms in total. The lowest BCUT2D eigenvalue weighted by Gasteiger charge is -2.30. The summed E-state index contributed by atoms with van der Waals surface area (Å²) in [6.07, 6.45) is 0.571. The molecule has 2 radical (unpaired) electrons. The number of hydrogen-bond acceptors (Lipinski definition) is 3. The molecule has 17 heavy (non-hydrogen) atoms. The number of carbonyl (C=O) groups is 1. The molecule has 0 bridgehead atoms. The highest BCUT2D eigenvalue weighted by Crippen LogP contribution is 2.04. The fourth-order valence-electron chi connectivity index (χ4n) is 1.63. The number of nitrogens with zero attached hydrogens (tertiary/aromatic N) is 1. The summed E-state index contributed by atoms with van der Waals surface area (Å²) < 4.78 is 10.1. The van der Waals surface area contributed by atoms with E-state index >= 15 is 0 Å². The summed E-state index contributed by atoms with van der Waals surface area (Å²) >= 11 is 0. The maximum atomic E-state index is 11.9. The molecule has 0 aliphatic heterocycles. The monoisotopic (exact) mass is 260 g/mol. The molecule has 0 saturated heterocycles. The van der Waals surface area contributed by atoms with Crippen LogP contribution in [-0.2, 0) is 9.47 Å². The van der Waals surface area contributed by atoms with Crippen molar-refractivity contribution < 1.29 is 14.3 Å². The quantitative estimate of drug-likeness (QED) is 0.550. The summed E-state index contributed by atoms with van der Waals surface area (Å²) in [7, 11) is 3.58. The minimum Gasteiger partial charge on any atom is -0.360 e. The fourth-order valence-corrected chi connectivity index (χ4v) is 2.38. The standard InChI is InChI=1S/C11H24N2O3Si/c1-8(2)13(9(3)4)10(14)12-7-17-11(15-5)16-6/h8-9,11H,7H2,1-6H3,(H,12,14). The molecular formula is C11H24N2O3Si. The van der Waals surface area contributed by atoms with Crippen molar-refractivity contribution in [3.63, 3.8) is 0 Å². The van der Waals surface area contributed by atoms with Crippen LogP contribution in [0.3, 0.4) is 0 Å². The zero-order valence-corrected chi connectivity index (χ0v) is 12.6. The van der Waals surface area contributed by atoms with E-state index in [1.54, 1.807) is 14.2 Å².